The fourth-order valence-corrected chi connectivity index (χ4v) is 5.21. The molecular formula is C23H17BrN4O2S. The number of H-pyrrole nitrogens is 1. The summed E-state index contributed by atoms with van der Waals surface area (Å²) in [5, 5.41) is 1.70. The summed E-state index contributed by atoms with van der Waals surface area (Å²) < 4.78 is 2.26. The van der Waals surface area contributed by atoms with Gasteiger partial charge in [-0.15, -0.1) is 0 Å². The number of nitrogens with zero attached hydrogens (tertiary/aromatic N) is 3. The summed E-state index contributed by atoms with van der Waals surface area (Å²) in [7, 11) is 3.44. The first-order chi connectivity index (χ1) is 15.0. The van der Waals surface area contributed by atoms with Crippen LogP contribution in [0, 0.1) is 0 Å². The van der Waals surface area contributed by atoms with E-state index < -0.39 is 0 Å². The fraction of sp³-hybridized carbons (Fsp3) is 0.0870. The summed E-state index contributed by atoms with van der Waals surface area (Å²) in [4.78, 5) is 35.7. The van der Waals surface area contributed by atoms with E-state index in [-0.39, 0.29) is 16.3 Å². The third-order valence-corrected chi connectivity index (χ3v) is 7.15. The molecule has 31 heavy (non-hydrogen) atoms. The van der Waals surface area contributed by atoms with Gasteiger partial charge in [-0.25, -0.2) is 4.98 Å². The van der Waals surface area contributed by atoms with Gasteiger partial charge in [-0.2, -0.15) is 0 Å². The van der Waals surface area contributed by atoms with Crippen molar-refractivity contribution in [3.05, 3.63) is 70.8 Å². The molecular weight excluding hydrogens is 476 g/mol. The molecule has 0 spiro atoms. The lowest BCUT2D eigenvalue weighted by Crippen LogP contribution is -2.26. The molecule has 2 aromatic heterocycles. The highest BCUT2D eigenvalue weighted by Crippen LogP contribution is 2.42. The first kappa shape index (κ1) is 19.8. The minimum atomic E-state index is -0.346. The van der Waals surface area contributed by atoms with Crippen molar-refractivity contribution in [2.75, 3.05) is 7.05 Å². The number of rotatable bonds is 4. The number of para-hydroxylation sites is 1. The number of aromatic nitrogens is 3. The van der Waals surface area contributed by atoms with Gasteiger partial charge in [0.1, 0.15) is 0 Å². The third kappa shape index (κ3) is 3.14. The SMILES string of the molecule is CN1C(=O)C(Br)=C(c2c(-c3cnc(Sc4ccccc4)n3C)[nH]c3ccccc23)C1=O. The zero-order valence-corrected chi connectivity index (χ0v) is 19.1. The Bertz CT molecular complexity index is 1390. The van der Waals surface area contributed by atoms with Crippen LogP contribution in [-0.2, 0) is 16.6 Å². The molecule has 3 heterocycles. The second-order valence-electron chi connectivity index (χ2n) is 7.18. The Labute approximate surface area is 191 Å². The van der Waals surface area contributed by atoms with Gasteiger partial charge in [0.2, 0.25) is 0 Å². The Hall–Kier alpha value is -3.10. The zero-order chi connectivity index (χ0) is 21.7. The standard InChI is InChI=1S/C23H17BrN4O2S/c1-27-16(12-25-23(27)31-13-8-4-3-5-9-13)20-17(14-10-6-7-11-15(14)26-20)18-19(24)22(30)28(2)21(18)29/h3-12,26H,1-2H3. The summed E-state index contributed by atoms with van der Waals surface area (Å²) >= 11 is 4.92. The predicted molar refractivity (Wildman–Crippen MR) is 125 cm³/mol. The number of aromatic amines is 1. The molecule has 0 atom stereocenters. The van der Waals surface area contributed by atoms with Crippen LogP contribution in [0.1, 0.15) is 5.56 Å². The summed E-state index contributed by atoms with van der Waals surface area (Å²) in [6.07, 6.45) is 1.79. The number of amides is 2. The van der Waals surface area contributed by atoms with E-state index in [4.69, 9.17) is 0 Å². The molecule has 5 rings (SSSR count). The van der Waals surface area contributed by atoms with Crippen LogP contribution in [0.5, 0.6) is 0 Å². The highest BCUT2D eigenvalue weighted by atomic mass is 79.9. The van der Waals surface area contributed by atoms with Crippen LogP contribution in [0.15, 0.2) is 75.3 Å². The molecule has 0 saturated heterocycles. The average molecular weight is 493 g/mol. The number of likely N-dealkylation sites (N-methyl/N-ethyl adjacent to an activating group) is 1. The van der Waals surface area contributed by atoms with E-state index in [0.717, 1.165) is 37.2 Å². The van der Waals surface area contributed by atoms with Crippen molar-refractivity contribution >= 4 is 56.0 Å². The van der Waals surface area contributed by atoms with E-state index in [1.165, 1.54) is 7.05 Å². The highest BCUT2D eigenvalue weighted by molar-refractivity contribution is 9.12. The number of carbonyl (C=O) groups excluding carboxylic acids is 2. The van der Waals surface area contributed by atoms with Crippen molar-refractivity contribution < 1.29 is 9.59 Å². The third-order valence-electron chi connectivity index (χ3n) is 5.34. The van der Waals surface area contributed by atoms with E-state index in [9.17, 15) is 9.59 Å². The molecule has 0 aliphatic carbocycles. The number of imide groups is 1. The maximum Gasteiger partial charge on any atom is 0.268 e. The molecule has 1 aliphatic rings. The number of imidazole rings is 1. The van der Waals surface area contributed by atoms with E-state index in [1.54, 1.807) is 18.0 Å². The Morgan fingerprint density at radius 2 is 1.68 bits per heavy atom. The number of hydrogen-bond donors (Lipinski definition) is 1. The quantitative estimate of drug-likeness (QED) is 0.414. The van der Waals surface area contributed by atoms with Crippen molar-refractivity contribution in [3.8, 4) is 11.4 Å². The maximum absolute atomic E-state index is 13.0. The van der Waals surface area contributed by atoms with Gasteiger partial charge < -0.3 is 9.55 Å². The van der Waals surface area contributed by atoms with Gasteiger partial charge in [-0.05, 0) is 34.1 Å². The molecule has 8 heteroatoms. The molecule has 2 amide bonds. The first-order valence-corrected chi connectivity index (χ1v) is 11.2. The molecule has 1 aliphatic heterocycles. The van der Waals surface area contributed by atoms with Crippen LogP contribution in [0.3, 0.4) is 0 Å². The Morgan fingerprint density at radius 1 is 0.968 bits per heavy atom. The Morgan fingerprint density at radius 3 is 2.39 bits per heavy atom. The van der Waals surface area contributed by atoms with Crippen LogP contribution >= 0.6 is 27.7 Å². The summed E-state index contributed by atoms with van der Waals surface area (Å²) in [5.41, 5.74) is 3.52. The number of carbonyl (C=O) groups is 2. The van der Waals surface area contributed by atoms with Crippen LogP contribution in [0.2, 0.25) is 0 Å². The van der Waals surface area contributed by atoms with E-state index in [2.05, 4.69) is 25.9 Å². The second kappa shape index (κ2) is 7.55. The number of hydrogen-bond acceptors (Lipinski definition) is 4. The normalized spacial score (nSPS) is 14.4. The van der Waals surface area contributed by atoms with Gasteiger partial charge in [0.15, 0.2) is 5.16 Å². The molecule has 0 unspecified atom stereocenters. The number of halogens is 1. The van der Waals surface area contributed by atoms with Gasteiger partial charge >= 0.3 is 0 Å². The molecule has 0 saturated carbocycles. The molecule has 4 aromatic rings. The average Bonchev–Trinajstić information content (AvgIpc) is 3.39. The lowest BCUT2D eigenvalue weighted by molar-refractivity contribution is -0.134. The highest BCUT2D eigenvalue weighted by Gasteiger charge is 2.38. The minimum Gasteiger partial charge on any atom is -0.353 e. The number of fused-ring (bicyclic) bond motifs is 1. The van der Waals surface area contributed by atoms with Crippen LogP contribution < -0.4 is 0 Å². The van der Waals surface area contributed by atoms with Gasteiger partial charge in [0.25, 0.3) is 11.8 Å². The first-order valence-electron chi connectivity index (χ1n) is 9.55. The van der Waals surface area contributed by atoms with E-state index in [0.29, 0.717) is 11.1 Å². The monoisotopic (exact) mass is 492 g/mol. The summed E-state index contributed by atoms with van der Waals surface area (Å²) in [5.74, 6) is -0.675. The lowest BCUT2D eigenvalue weighted by Gasteiger charge is -2.09. The molecule has 0 radical (unpaired) electrons. The number of benzene rings is 2. The number of nitrogens with one attached hydrogen (secondary N) is 1. The Kier molecular flexibility index (Phi) is 4.83. The van der Waals surface area contributed by atoms with Crippen molar-refractivity contribution in [1.29, 1.82) is 0 Å². The van der Waals surface area contributed by atoms with Crippen LogP contribution in [-0.4, -0.2) is 38.3 Å². The van der Waals surface area contributed by atoms with Gasteiger partial charge in [0.05, 0.1) is 27.6 Å². The smallest absolute Gasteiger partial charge is 0.268 e. The molecule has 2 aromatic carbocycles. The van der Waals surface area contributed by atoms with Gasteiger partial charge in [-0.1, -0.05) is 48.2 Å². The lowest BCUT2D eigenvalue weighted by atomic mass is 10.0. The minimum absolute atomic E-state index is 0.270. The summed E-state index contributed by atoms with van der Waals surface area (Å²) in [6.45, 7) is 0. The second-order valence-corrected chi connectivity index (χ2v) is 9.01. The Balaban J connectivity index is 1.70. The van der Waals surface area contributed by atoms with Gasteiger partial charge in [0, 0.05) is 35.5 Å². The van der Waals surface area contributed by atoms with Crippen molar-refractivity contribution in [1.82, 2.24) is 19.4 Å². The molecule has 0 bridgehead atoms. The molecule has 154 valence electrons. The van der Waals surface area contributed by atoms with Gasteiger partial charge in [-0.3, -0.25) is 14.5 Å². The van der Waals surface area contributed by atoms with Crippen LogP contribution in [0.4, 0.5) is 0 Å². The topological polar surface area (TPSA) is 71.0 Å². The van der Waals surface area contributed by atoms with Crippen LogP contribution in [0.25, 0.3) is 27.9 Å². The largest absolute Gasteiger partial charge is 0.353 e. The fourth-order valence-electron chi connectivity index (χ4n) is 3.73. The van der Waals surface area contributed by atoms with Crippen molar-refractivity contribution in [3.63, 3.8) is 0 Å². The molecule has 0 fully saturated rings. The van der Waals surface area contributed by atoms with E-state index in [1.807, 2.05) is 66.2 Å². The van der Waals surface area contributed by atoms with E-state index >= 15 is 0 Å². The predicted octanol–water partition coefficient (Wildman–Crippen LogP) is 4.82. The van der Waals surface area contributed by atoms with Crippen molar-refractivity contribution in [2.24, 2.45) is 7.05 Å². The molecule has 1 N–H and O–H groups in total. The zero-order valence-electron chi connectivity index (χ0n) is 16.7. The summed E-state index contributed by atoms with van der Waals surface area (Å²) in [6, 6.07) is 17.8. The molecule has 6 nitrogen and oxygen atoms in total. The van der Waals surface area contributed by atoms with Crippen molar-refractivity contribution in [2.45, 2.75) is 10.1 Å². The maximum atomic E-state index is 13.0.